The van der Waals surface area contributed by atoms with Crippen LogP contribution in [0.15, 0.2) is 18.2 Å². The van der Waals surface area contributed by atoms with Crippen molar-refractivity contribution in [3.8, 4) is 5.75 Å². The summed E-state index contributed by atoms with van der Waals surface area (Å²) in [4.78, 5) is 26.4. The first kappa shape index (κ1) is 18.3. The van der Waals surface area contributed by atoms with Crippen molar-refractivity contribution in [3.63, 3.8) is 0 Å². The molecule has 2 rings (SSSR count). The molecular formula is C18H26N2O4. The van der Waals surface area contributed by atoms with Crippen molar-refractivity contribution < 1.29 is 19.1 Å². The highest BCUT2D eigenvalue weighted by molar-refractivity contribution is 6.00. The first-order chi connectivity index (χ1) is 11.2. The lowest BCUT2D eigenvalue weighted by Crippen LogP contribution is -2.43. The Morgan fingerprint density at radius 1 is 1.42 bits per heavy atom. The number of rotatable bonds is 5. The van der Waals surface area contributed by atoms with E-state index in [1.54, 1.807) is 23.1 Å². The van der Waals surface area contributed by atoms with E-state index in [1.807, 2.05) is 13.8 Å². The molecule has 2 amide bonds. The third kappa shape index (κ3) is 4.06. The van der Waals surface area contributed by atoms with Crippen molar-refractivity contribution in [1.29, 1.82) is 0 Å². The average molecular weight is 334 g/mol. The van der Waals surface area contributed by atoms with Gasteiger partial charge in [-0.05, 0) is 38.0 Å². The van der Waals surface area contributed by atoms with Gasteiger partial charge in [-0.3, -0.25) is 9.59 Å². The molecule has 1 aliphatic rings. The predicted octanol–water partition coefficient (Wildman–Crippen LogP) is 2.68. The monoisotopic (exact) mass is 334 g/mol. The van der Waals surface area contributed by atoms with Crippen LogP contribution in [-0.4, -0.2) is 38.7 Å². The van der Waals surface area contributed by atoms with Crippen LogP contribution in [0.2, 0.25) is 0 Å². The van der Waals surface area contributed by atoms with Crippen molar-refractivity contribution >= 4 is 23.2 Å². The summed E-state index contributed by atoms with van der Waals surface area (Å²) in [5.74, 6) is 0.742. The first-order valence-corrected chi connectivity index (χ1v) is 8.12. The van der Waals surface area contributed by atoms with Crippen LogP contribution in [0.5, 0.6) is 5.75 Å². The summed E-state index contributed by atoms with van der Waals surface area (Å²) in [6, 6.07) is 5.34. The minimum atomic E-state index is -0.604. The Labute approximate surface area is 143 Å². The quantitative estimate of drug-likeness (QED) is 0.899. The number of ether oxygens (including phenoxy) is 2. The number of hydrogen-bond acceptors (Lipinski definition) is 4. The van der Waals surface area contributed by atoms with Crippen LogP contribution in [0, 0.1) is 11.3 Å². The lowest BCUT2D eigenvalue weighted by Gasteiger charge is -2.29. The highest BCUT2D eigenvalue weighted by Crippen LogP contribution is 2.38. The topological polar surface area (TPSA) is 67.9 Å². The average Bonchev–Trinajstić information content (AvgIpc) is 2.58. The molecule has 1 heterocycles. The van der Waals surface area contributed by atoms with Crippen LogP contribution in [-0.2, 0) is 14.3 Å². The normalized spacial score (nSPS) is 16.4. The summed E-state index contributed by atoms with van der Waals surface area (Å²) in [5.41, 5.74) is 0.697. The van der Waals surface area contributed by atoms with Gasteiger partial charge in [0.05, 0.1) is 11.1 Å². The molecule has 0 radical (unpaired) electrons. The second kappa shape index (κ2) is 7.21. The van der Waals surface area contributed by atoms with Gasteiger partial charge in [-0.1, -0.05) is 13.8 Å². The van der Waals surface area contributed by atoms with Gasteiger partial charge in [-0.25, -0.2) is 0 Å². The molecule has 1 N–H and O–H groups in total. The van der Waals surface area contributed by atoms with Crippen molar-refractivity contribution in [2.45, 2.75) is 27.7 Å². The summed E-state index contributed by atoms with van der Waals surface area (Å²) >= 11 is 0. The van der Waals surface area contributed by atoms with Crippen molar-refractivity contribution in [2.75, 3.05) is 37.1 Å². The number of nitrogens with one attached hydrogen (secondary N) is 1. The number of nitrogens with zero attached hydrogens (tertiary/aromatic N) is 1. The van der Waals surface area contributed by atoms with Crippen LogP contribution >= 0.6 is 0 Å². The van der Waals surface area contributed by atoms with Gasteiger partial charge in [0.25, 0.3) is 0 Å². The number of benzene rings is 1. The van der Waals surface area contributed by atoms with Gasteiger partial charge in [0, 0.05) is 19.3 Å². The molecule has 0 aliphatic carbocycles. The Balaban J connectivity index is 2.39. The molecule has 132 valence electrons. The fourth-order valence-corrected chi connectivity index (χ4v) is 2.60. The van der Waals surface area contributed by atoms with Crippen molar-refractivity contribution in [1.82, 2.24) is 0 Å². The molecular weight excluding hydrogens is 308 g/mol. The molecule has 1 aliphatic heterocycles. The lowest BCUT2D eigenvalue weighted by molar-refractivity contribution is -0.127. The lowest BCUT2D eigenvalue weighted by atomic mass is 9.92. The summed E-state index contributed by atoms with van der Waals surface area (Å²) in [5, 5.41) is 2.77. The van der Waals surface area contributed by atoms with E-state index in [1.165, 1.54) is 7.11 Å². The van der Waals surface area contributed by atoms with Crippen LogP contribution in [0.25, 0.3) is 0 Å². The van der Waals surface area contributed by atoms with Crippen molar-refractivity contribution in [3.05, 3.63) is 18.2 Å². The fraction of sp³-hybridized carbons (Fsp3) is 0.556. The van der Waals surface area contributed by atoms with Gasteiger partial charge < -0.3 is 19.7 Å². The van der Waals surface area contributed by atoms with E-state index in [2.05, 4.69) is 19.2 Å². The maximum Gasteiger partial charge on any atom is 0.250 e. The molecule has 0 fully saturated rings. The second-order valence-corrected chi connectivity index (χ2v) is 7.15. The molecule has 6 nitrogen and oxygen atoms in total. The second-order valence-electron chi connectivity index (χ2n) is 7.15. The number of methoxy groups -OCH3 is 1. The molecule has 1 aromatic carbocycles. The molecule has 24 heavy (non-hydrogen) atoms. The number of fused-ring (bicyclic) bond motifs is 1. The Bertz CT molecular complexity index is 625. The minimum absolute atomic E-state index is 0.0186. The highest BCUT2D eigenvalue weighted by Gasteiger charge is 2.38. The maximum atomic E-state index is 12.9. The molecule has 0 aromatic heterocycles. The van der Waals surface area contributed by atoms with Gasteiger partial charge in [0.15, 0.2) is 0 Å². The Hall–Kier alpha value is -2.08. The number of hydrogen-bond donors (Lipinski definition) is 1. The zero-order valence-electron chi connectivity index (χ0n) is 15.0. The van der Waals surface area contributed by atoms with Crippen LogP contribution < -0.4 is 15.0 Å². The summed E-state index contributed by atoms with van der Waals surface area (Å²) < 4.78 is 10.7. The Morgan fingerprint density at radius 3 is 2.75 bits per heavy atom. The standard InChI is InChI=1S/C18H26N2O4/c1-12(2)9-20-14-8-13(19-16(21)10-23-5)6-7-15(14)24-11-18(3,4)17(20)22/h6-8,12H,9-11H2,1-5H3,(H,19,21). The predicted molar refractivity (Wildman–Crippen MR) is 93.4 cm³/mol. The first-order valence-electron chi connectivity index (χ1n) is 8.12. The molecule has 6 heteroatoms. The van der Waals surface area contributed by atoms with E-state index in [0.717, 1.165) is 0 Å². The summed E-state index contributed by atoms with van der Waals surface area (Å²) in [6.07, 6.45) is 0. The van der Waals surface area contributed by atoms with Crippen molar-refractivity contribution in [2.24, 2.45) is 11.3 Å². The largest absolute Gasteiger partial charge is 0.490 e. The van der Waals surface area contributed by atoms with Gasteiger partial charge in [-0.2, -0.15) is 0 Å². The third-order valence-corrected chi connectivity index (χ3v) is 3.77. The highest BCUT2D eigenvalue weighted by atomic mass is 16.5. The van der Waals surface area contributed by atoms with Gasteiger partial charge >= 0.3 is 0 Å². The van der Waals surface area contributed by atoms with E-state index >= 15 is 0 Å². The molecule has 0 bridgehead atoms. The van der Waals surface area contributed by atoms with E-state index in [4.69, 9.17) is 9.47 Å². The van der Waals surface area contributed by atoms with Gasteiger partial charge in [0.1, 0.15) is 19.0 Å². The van der Waals surface area contributed by atoms with Gasteiger partial charge in [-0.15, -0.1) is 0 Å². The van der Waals surface area contributed by atoms with E-state index < -0.39 is 5.41 Å². The zero-order chi connectivity index (χ0) is 17.9. The molecule has 0 saturated heterocycles. The number of anilines is 2. The Morgan fingerprint density at radius 2 is 2.12 bits per heavy atom. The third-order valence-electron chi connectivity index (χ3n) is 3.77. The molecule has 1 aromatic rings. The van der Waals surface area contributed by atoms with E-state index in [9.17, 15) is 9.59 Å². The summed E-state index contributed by atoms with van der Waals surface area (Å²) in [7, 11) is 1.47. The van der Waals surface area contributed by atoms with Crippen LogP contribution in [0.4, 0.5) is 11.4 Å². The molecule has 0 atom stereocenters. The van der Waals surface area contributed by atoms with Crippen LogP contribution in [0.1, 0.15) is 27.7 Å². The Kier molecular flexibility index (Phi) is 5.49. The molecule has 0 unspecified atom stereocenters. The number of carbonyl (C=O) groups excluding carboxylic acids is 2. The molecule has 0 spiro atoms. The van der Waals surface area contributed by atoms with E-state index in [0.29, 0.717) is 36.2 Å². The number of amides is 2. The van der Waals surface area contributed by atoms with Gasteiger partial charge in [0.2, 0.25) is 11.8 Å². The van der Waals surface area contributed by atoms with Crippen LogP contribution in [0.3, 0.4) is 0 Å². The molecule has 0 saturated carbocycles. The SMILES string of the molecule is COCC(=O)Nc1ccc2c(c1)N(CC(C)C)C(=O)C(C)(C)CO2. The van der Waals surface area contributed by atoms with E-state index in [-0.39, 0.29) is 18.4 Å². The minimum Gasteiger partial charge on any atom is -0.490 e. The fourth-order valence-electron chi connectivity index (χ4n) is 2.60. The maximum absolute atomic E-state index is 12.9. The smallest absolute Gasteiger partial charge is 0.250 e. The summed E-state index contributed by atoms with van der Waals surface area (Å²) in [6.45, 7) is 8.80. The number of carbonyl (C=O) groups is 2. The zero-order valence-corrected chi connectivity index (χ0v) is 15.0.